The zero-order chi connectivity index (χ0) is 14.5. The van der Waals surface area contributed by atoms with Gasteiger partial charge in [0.05, 0.1) is 11.3 Å². The minimum atomic E-state index is 0.680. The fraction of sp³-hybridized carbons (Fsp3) is 0.188. The Labute approximate surface area is 124 Å². The third-order valence-corrected chi connectivity index (χ3v) is 3.99. The molecule has 3 nitrogen and oxygen atoms in total. The Morgan fingerprint density at radius 3 is 2.60 bits per heavy atom. The highest BCUT2D eigenvalue weighted by molar-refractivity contribution is 7.98. The van der Waals surface area contributed by atoms with Crippen molar-refractivity contribution in [1.29, 1.82) is 5.26 Å². The number of nitrogens with two attached hydrogens (primary N) is 1. The first-order valence-corrected chi connectivity index (χ1v) is 7.51. The Morgan fingerprint density at radius 1 is 1.20 bits per heavy atom. The first kappa shape index (κ1) is 14.3. The molecule has 2 N–H and O–H groups in total. The number of thioether (sulfide) groups is 1. The predicted octanol–water partition coefficient (Wildman–Crippen LogP) is 3.50. The minimum Gasteiger partial charge on any atom is -0.398 e. The van der Waals surface area contributed by atoms with Crippen LogP contribution in [0.5, 0.6) is 0 Å². The van der Waals surface area contributed by atoms with Gasteiger partial charge in [-0.3, -0.25) is 0 Å². The Bertz CT molecular complexity index is 646. The number of rotatable bonds is 4. The topological polar surface area (TPSA) is 53.0 Å². The van der Waals surface area contributed by atoms with Crippen LogP contribution in [0.4, 0.5) is 11.4 Å². The smallest absolute Gasteiger partial charge is 0.103 e. The van der Waals surface area contributed by atoms with Gasteiger partial charge in [0.15, 0.2) is 0 Å². The van der Waals surface area contributed by atoms with Crippen LogP contribution >= 0.6 is 11.8 Å². The molecule has 0 bridgehead atoms. The lowest BCUT2D eigenvalue weighted by Gasteiger charge is -2.22. The van der Waals surface area contributed by atoms with Crippen LogP contribution in [-0.4, -0.2) is 13.3 Å². The molecule has 2 rings (SSSR count). The van der Waals surface area contributed by atoms with E-state index in [2.05, 4.69) is 11.0 Å². The molecule has 102 valence electrons. The van der Waals surface area contributed by atoms with Gasteiger partial charge in [0.2, 0.25) is 0 Å². The molecule has 0 aliphatic heterocycles. The summed E-state index contributed by atoms with van der Waals surface area (Å²) in [6.45, 7) is 0.680. The monoisotopic (exact) mass is 283 g/mol. The van der Waals surface area contributed by atoms with Crippen LogP contribution in [0.2, 0.25) is 0 Å². The summed E-state index contributed by atoms with van der Waals surface area (Å²) < 4.78 is 0. The summed E-state index contributed by atoms with van der Waals surface area (Å²) in [6.07, 6.45) is 1.98. The van der Waals surface area contributed by atoms with Gasteiger partial charge in [0, 0.05) is 24.2 Å². The van der Waals surface area contributed by atoms with E-state index in [1.807, 2.05) is 55.8 Å². The number of nitriles is 1. The van der Waals surface area contributed by atoms with Crippen LogP contribution < -0.4 is 10.6 Å². The molecule has 4 heteroatoms. The average Bonchev–Trinajstić information content (AvgIpc) is 2.48. The van der Waals surface area contributed by atoms with Crippen LogP contribution in [0.3, 0.4) is 0 Å². The van der Waals surface area contributed by atoms with Crippen molar-refractivity contribution < 1.29 is 0 Å². The van der Waals surface area contributed by atoms with E-state index in [1.54, 1.807) is 11.8 Å². The summed E-state index contributed by atoms with van der Waals surface area (Å²) >= 11 is 1.59. The van der Waals surface area contributed by atoms with E-state index in [0.29, 0.717) is 6.54 Å². The molecule has 0 aliphatic rings. The van der Waals surface area contributed by atoms with E-state index >= 15 is 0 Å². The highest BCUT2D eigenvalue weighted by Gasteiger charge is 2.12. The van der Waals surface area contributed by atoms with Gasteiger partial charge in [0.25, 0.3) is 0 Å². The van der Waals surface area contributed by atoms with Crippen molar-refractivity contribution in [1.82, 2.24) is 0 Å². The third kappa shape index (κ3) is 2.89. The van der Waals surface area contributed by atoms with E-state index in [9.17, 15) is 5.26 Å². The van der Waals surface area contributed by atoms with Crippen LogP contribution in [-0.2, 0) is 6.54 Å². The van der Waals surface area contributed by atoms with Crippen molar-refractivity contribution in [2.45, 2.75) is 11.4 Å². The third-order valence-electron chi connectivity index (χ3n) is 3.21. The van der Waals surface area contributed by atoms with E-state index in [4.69, 9.17) is 5.73 Å². The predicted molar refractivity (Wildman–Crippen MR) is 85.9 cm³/mol. The highest BCUT2D eigenvalue weighted by atomic mass is 32.2. The molecule has 0 aliphatic carbocycles. The minimum absolute atomic E-state index is 0.680. The SMILES string of the molecule is CSc1cccc(N(C)Cc2ccccc2N)c1C#N. The number of hydrogen-bond donors (Lipinski definition) is 1. The Kier molecular flexibility index (Phi) is 4.54. The molecule has 0 unspecified atom stereocenters. The molecule has 0 saturated heterocycles. The molecular weight excluding hydrogens is 266 g/mol. The van der Waals surface area contributed by atoms with E-state index in [-0.39, 0.29) is 0 Å². The van der Waals surface area contributed by atoms with Crippen molar-refractivity contribution in [3.8, 4) is 6.07 Å². The number of benzene rings is 2. The lowest BCUT2D eigenvalue weighted by atomic mass is 10.1. The summed E-state index contributed by atoms with van der Waals surface area (Å²) in [5, 5.41) is 9.39. The summed E-state index contributed by atoms with van der Waals surface area (Å²) in [4.78, 5) is 3.06. The van der Waals surface area contributed by atoms with E-state index in [1.165, 1.54) is 0 Å². The first-order valence-electron chi connectivity index (χ1n) is 6.29. The van der Waals surface area contributed by atoms with Crippen LogP contribution in [0.25, 0.3) is 0 Å². The molecule has 0 radical (unpaired) electrons. The molecule has 2 aromatic rings. The molecule has 0 amide bonds. The molecule has 0 fully saturated rings. The quantitative estimate of drug-likeness (QED) is 0.689. The molecule has 0 saturated carbocycles. The van der Waals surface area contributed by atoms with Gasteiger partial charge in [0.1, 0.15) is 6.07 Å². The first-order chi connectivity index (χ1) is 9.67. The molecule has 2 aromatic carbocycles. The van der Waals surface area contributed by atoms with Gasteiger partial charge in [-0.1, -0.05) is 24.3 Å². The second-order valence-electron chi connectivity index (χ2n) is 4.52. The number of anilines is 2. The Morgan fingerprint density at radius 2 is 1.95 bits per heavy atom. The van der Waals surface area contributed by atoms with E-state index in [0.717, 1.165) is 27.4 Å². The standard InChI is InChI=1S/C16H17N3S/c1-19(11-12-6-3-4-7-14(12)18)15-8-5-9-16(20-2)13(15)10-17/h3-9H,11,18H2,1-2H3. The molecule has 0 atom stereocenters. The molecular formula is C16H17N3S. The Hall–Kier alpha value is -2.12. The van der Waals surface area contributed by atoms with Crippen LogP contribution in [0.15, 0.2) is 47.4 Å². The normalized spacial score (nSPS) is 10.1. The van der Waals surface area contributed by atoms with Crippen LogP contribution in [0.1, 0.15) is 11.1 Å². The summed E-state index contributed by atoms with van der Waals surface area (Å²) in [5.74, 6) is 0. The number of hydrogen-bond acceptors (Lipinski definition) is 4. The number of nitrogen functional groups attached to an aromatic ring is 1. The number of para-hydroxylation sites is 1. The average molecular weight is 283 g/mol. The summed E-state index contributed by atoms with van der Waals surface area (Å²) in [6, 6.07) is 16.0. The summed E-state index contributed by atoms with van der Waals surface area (Å²) in [7, 11) is 1.98. The maximum Gasteiger partial charge on any atom is 0.103 e. The fourth-order valence-corrected chi connectivity index (χ4v) is 2.71. The molecule has 20 heavy (non-hydrogen) atoms. The van der Waals surface area contributed by atoms with Gasteiger partial charge >= 0.3 is 0 Å². The largest absolute Gasteiger partial charge is 0.398 e. The highest BCUT2D eigenvalue weighted by Crippen LogP contribution is 2.29. The fourth-order valence-electron chi connectivity index (χ4n) is 2.14. The zero-order valence-electron chi connectivity index (χ0n) is 11.6. The second-order valence-corrected chi connectivity index (χ2v) is 5.37. The van der Waals surface area contributed by atoms with Gasteiger partial charge < -0.3 is 10.6 Å². The van der Waals surface area contributed by atoms with Crippen LogP contribution in [0, 0.1) is 11.3 Å². The second kappa shape index (κ2) is 6.36. The maximum atomic E-state index is 9.39. The van der Waals surface area contributed by atoms with E-state index < -0.39 is 0 Å². The maximum absolute atomic E-state index is 9.39. The van der Waals surface area contributed by atoms with Crippen molar-refractivity contribution in [2.75, 3.05) is 23.9 Å². The number of nitrogens with zero attached hydrogens (tertiary/aromatic N) is 2. The molecule has 0 spiro atoms. The van der Waals surface area contributed by atoms with Crippen molar-refractivity contribution in [2.24, 2.45) is 0 Å². The zero-order valence-corrected chi connectivity index (χ0v) is 12.4. The lowest BCUT2D eigenvalue weighted by Crippen LogP contribution is -2.18. The summed E-state index contributed by atoms with van der Waals surface area (Å²) in [5.41, 5.74) is 9.47. The molecule has 0 heterocycles. The van der Waals surface area contributed by atoms with Crippen molar-refractivity contribution in [3.05, 3.63) is 53.6 Å². The lowest BCUT2D eigenvalue weighted by molar-refractivity contribution is 0.920. The van der Waals surface area contributed by atoms with Crippen molar-refractivity contribution in [3.63, 3.8) is 0 Å². The molecule has 0 aromatic heterocycles. The van der Waals surface area contributed by atoms with Gasteiger partial charge in [-0.25, -0.2) is 0 Å². The van der Waals surface area contributed by atoms with Gasteiger partial charge in [-0.05, 0) is 30.0 Å². The van der Waals surface area contributed by atoms with Gasteiger partial charge in [-0.2, -0.15) is 5.26 Å². The van der Waals surface area contributed by atoms with Crippen molar-refractivity contribution >= 4 is 23.1 Å². The Balaban J connectivity index is 2.33. The van der Waals surface area contributed by atoms with Gasteiger partial charge in [-0.15, -0.1) is 11.8 Å².